The number of pyridine rings is 1. The summed E-state index contributed by atoms with van der Waals surface area (Å²) in [6, 6.07) is 8.66. The minimum absolute atomic E-state index is 0.0371. The zero-order chi connectivity index (χ0) is 22.4. The van der Waals surface area contributed by atoms with E-state index < -0.39 is 6.04 Å². The molecule has 1 amide bonds. The number of aliphatic hydroxyl groups is 2. The quantitative estimate of drug-likeness (QED) is 0.497. The molecule has 2 aromatic rings. The minimum Gasteiger partial charge on any atom is -0.394 e. The van der Waals surface area contributed by atoms with Crippen LogP contribution in [0.3, 0.4) is 0 Å². The fourth-order valence-corrected chi connectivity index (χ4v) is 4.06. The predicted octanol–water partition coefficient (Wildman–Crippen LogP) is 2.90. The highest BCUT2D eigenvalue weighted by Gasteiger charge is 2.27. The van der Waals surface area contributed by atoms with Gasteiger partial charge in [-0.15, -0.1) is 0 Å². The number of anilines is 2. The SMILES string of the molecule is Cc1cnc(N[C@@H](C)CO)cc1N1CCC(C(=O)N[C@H](CO)c2cccc(Cl)c2)CC1. The van der Waals surface area contributed by atoms with Crippen molar-refractivity contribution in [3.63, 3.8) is 0 Å². The molecule has 1 fully saturated rings. The molecule has 0 aliphatic carbocycles. The standard InChI is InChI=1S/C23H31ClN4O3/c1-15-12-25-22(26-16(2)13-29)11-21(15)28-8-6-17(7-9-28)23(31)27-20(14-30)18-4-3-5-19(24)10-18/h3-5,10-12,16-17,20,29-30H,6-9,13-14H2,1-2H3,(H,25,26)(H,27,31)/t16-,20+/m0/s1. The molecule has 3 rings (SSSR count). The summed E-state index contributed by atoms with van der Waals surface area (Å²) < 4.78 is 0. The summed E-state index contributed by atoms with van der Waals surface area (Å²) in [5.41, 5.74) is 2.96. The van der Waals surface area contributed by atoms with Gasteiger partial charge in [-0.25, -0.2) is 4.98 Å². The Bertz CT molecular complexity index is 887. The Morgan fingerprint density at radius 1 is 1.26 bits per heavy atom. The third kappa shape index (κ3) is 6.09. The molecule has 4 N–H and O–H groups in total. The van der Waals surface area contributed by atoms with Crippen molar-refractivity contribution in [3.8, 4) is 0 Å². The van der Waals surface area contributed by atoms with Crippen LogP contribution in [0.2, 0.25) is 5.02 Å². The molecule has 1 aromatic carbocycles. The van der Waals surface area contributed by atoms with Crippen LogP contribution >= 0.6 is 11.6 Å². The van der Waals surface area contributed by atoms with Gasteiger partial charge in [-0.3, -0.25) is 4.79 Å². The van der Waals surface area contributed by atoms with Crippen LogP contribution in [0.4, 0.5) is 11.5 Å². The summed E-state index contributed by atoms with van der Waals surface area (Å²) >= 11 is 6.04. The maximum atomic E-state index is 12.8. The fourth-order valence-electron chi connectivity index (χ4n) is 3.86. The van der Waals surface area contributed by atoms with Gasteiger partial charge in [-0.05, 0) is 49.9 Å². The molecule has 2 atom stereocenters. The molecule has 8 heteroatoms. The highest BCUT2D eigenvalue weighted by Crippen LogP contribution is 2.28. The maximum Gasteiger partial charge on any atom is 0.223 e. The van der Waals surface area contributed by atoms with Gasteiger partial charge in [0, 0.05) is 48.0 Å². The fraction of sp³-hybridized carbons (Fsp3) is 0.478. The molecule has 0 spiro atoms. The van der Waals surface area contributed by atoms with E-state index in [4.69, 9.17) is 11.6 Å². The maximum absolute atomic E-state index is 12.8. The van der Waals surface area contributed by atoms with E-state index in [0.29, 0.717) is 5.02 Å². The largest absolute Gasteiger partial charge is 0.394 e. The molecule has 0 saturated carbocycles. The Balaban J connectivity index is 1.60. The zero-order valence-electron chi connectivity index (χ0n) is 18.0. The molecule has 31 heavy (non-hydrogen) atoms. The van der Waals surface area contributed by atoms with Gasteiger partial charge < -0.3 is 25.7 Å². The Kier molecular flexibility index (Phi) is 8.12. The first-order chi connectivity index (χ1) is 14.9. The van der Waals surface area contributed by atoms with Crippen LogP contribution < -0.4 is 15.5 Å². The number of rotatable bonds is 8. The zero-order valence-corrected chi connectivity index (χ0v) is 18.8. The predicted molar refractivity (Wildman–Crippen MR) is 124 cm³/mol. The van der Waals surface area contributed by atoms with Crippen molar-refractivity contribution in [2.75, 3.05) is 36.5 Å². The number of benzene rings is 1. The van der Waals surface area contributed by atoms with Crippen LogP contribution in [0.5, 0.6) is 0 Å². The number of nitrogens with one attached hydrogen (secondary N) is 2. The normalized spacial score (nSPS) is 16.6. The topological polar surface area (TPSA) is 97.7 Å². The van der Waals surface area contributed by atoms with Crippen molar-refractivity contribution < 1.29 is 15.0 Å². The van der Waals surface area contributed by atoms with Crippen molar-refractivity contribution >= 4 is 29.0 Å². The number of aromatic nitrogens is 1. The van der Waals surface area contributed by atoms with Gasteiger partial charge in [0.15, 0.2) is 0 Å². The number of carbonyl (C=O) groups is 1. The lowest BCUT2D eigenvalue weighted by atomic mass is 9.94. The molecule has 1 saturated heterocycles. The number of aryl methyl sites for hydroxylation is 1. The first-order valence-corrected chi connectivity index (χ1v) is 11.0. The Hall–Kier alpha value is -2.35. The third-order valence-corrected chi connectivity index (χ3v) is 5.93. The van der Waals surface area contributed by atoms with E-state index in [-0.39, 0.29) is 31.1 Å². The number of amides is 1. The van der Waals surface area contributed by atoms with Crippen LogP contribution in [0.15, 0.2) is 36.5 Å². The number of hydrogen-bond acceptors (Lipinski definition) is 6. The second-order valence-electron chi connectivity index (χ2n) is 8.14. The minimum atomic E-state index is -0.464. The smallest absolute Gasteiger partial charge is 0.223 e. The van der Waals surface area contributed by atoms with Gasteiger partial charge in [0.2, 0.25) is 5.91 Å². The number of halogens is 1. The van der Waals surface area contributed by atoms with Crippen molar-refractivity contribution in [1.29, 1.82) is 0 Å². The second kappa shape index (κ2) is 10.8. The van der Waals surface area contributed by atoms with E-state index >= 15 is 0 Å². The lowest BCUT2D eigenvalue weighted by Crippen LogP contribution is -2.42. The van der Waals surface area contributed by atoms with Crippen molar-refractivity contribution in [2.45, 2.75) is 38.8 Å². The van der Waals surface area contributed by atoms with Gasteiger partial charge in [0.05, 0.1) is 19.3 Å². The highest BCUT2D eigenvalue weighted by molar-refractivity contribution is 6.30. The van der Waals surface area contributed by atoms with E-state index in [9.17, 15) is 15.0 Å². The number of carbonyl (C=O) groups excluding carboxylic acids is 1. The molecular formula is C23H31ClN4O3. The third-order valence-electron chi connectivity index (χ3n) is 5.70. The highest BCUT2D eigenvalue weighted by atomic mass is 35.5. The van der Waals surface area contributed by atoms with Crippen molar-refractivity contribution in [2.24, 2.45) is 5.92 Å². The van der Waals surface area contributed by atoms with Crippen molar-refractivity contribution in [3.05, 3.63) is 52.7 Å². The van der Waals surface area contributed by atoms with E-state index in [1.54, 1.807) is 12.1 Å². The van der Waals surface area contributed by atoms with Crippen LogP contribution in [-0.2, 0) is 4.79 Å². The summed E-state index contributed by atoms with van der Waals surface area (Å²) in [5, 5.41) is 25.7. The summed E-state index contributed by atoms with van der Waals surface area (Å²) in [4.78, 5) is 19.5. The van der Waals surface area contributed by atoms with Crippen LogP contribution in [-0.4, -0.2) is 53.4 Å². The van der Waals surface area contributed by atoms with E-state index in [1.807, 2.05) is 38.2 Å². The average Bonchev–Trinajstić information content (AvgIpc) is 2.78. The molecule has 1 aliphatic heterocycles. The molecule has 0 unspecified atom stereocenters. The molecule has 0 bridgehead atoms. The molecule has 2 heterocycles. The Morgan fingerprint density at radius 3 is 2.65 bits per heavy atom. The van der Waals surface area contributed by atoms with Gasteiger partial charge in [-0.1, -0.05) is 23.7 Å². The Morgan fingerprint density at radius 2 is 2.00 bits per heavy atom. The summed E-state index contributed by atoms with van der Waals surface area (Å²) in [6.45, 7) is 5.31. The van der Waals surface area contributed by atoms with Gasteiger partial charge in [0.25, 0.3) is 0 Å². The first kappa shape index (κ1) is 23.3. The summed E-state index contributed by atoms with van der Waals surface area (Å²) in [7, 11) is 0. The average molecular weight is 447 g/mol. The molecule has 168 valence electrons. The summed E-state index contributed by atoms with van der Waals surface area (Å²) in [6.07, 6.45) is 3.30. The summed E-state index contributed by atoms with van der Waals surface area (Å²) in [5.74, 6) is 0.595. The van der Waals surface area contributed by atoms with Gasteiger partial charge in [0.1, 0.15) is 5.82 Å². The van der Waals surface area contributed by atoms with E-state index in [2.05, 4.69) is 20.5 Å². The molecule has 1 aromatic heterocycles. The van der Waals surface area contributed by atoms with Gasteiger partial charge >= 0.3 is 0 Å². The van der Waals surface area contributed by atoms with Gasteiger partial charge in [-0.2, -0.15) is 0 Å². The van der Waals surface area contributed by atoms with E-state index in [0.717, 1.165) is 48.6 Å². The monoisotopic (exact) mass is 446 g/mol. The number of aliphatic hydroxyl groups excluding tert-OH is 2. The molecule has 0 radical (unpaired) electrons. The lowest BCUT2D eigenvalue weighted by molar-refractivity contribution is -0.126. The molecular weight excluding hydrogens is 416 g/mol. The number of piperidine rings is 1. The lowest BCUT2D eigenvalue weighted by Gasteiger charge is -2.34. The van der Waals surface area contributed by atoms with Crippen LogP contribution in [0, 0.1) is 12.8 Å². The number of hydrogen-bond donors (Lipinski definition) is 4. The number of nitrogens with zero attached hydrogens (tertiary/aromatic N) is 2. The second-order valence-corrected chi connectivity index (χ2v) is 8.58. The first-order valence-electron chi connectivity index (χ1n) is 10.7. The molecule has 7 nitrogen and oxygen atoms in total. The Labute approximate surface area is 188 Å². The van der Waals surface area contributed by atoms with Crippen LogP contribution in [0.25, 0.3) is 0 Å². The van der Waals surface area contributed by atoms with E-state index in [1.165, 1.54) is 0 Å². The van der Waals surface area contributed by atoms with Crippen LogP contribution in [0.1, 0.15) is 36.9 Å². The molecule has 1 aliphatic rings. The van der Waals surface area contributed by atoms with Crippen molar-refractivity contribution in [1.82, 2.24) is 10.3 Å².